The van der Waals surface area contributed by atoms with Crippen LogP contribution in [-0.2, 0) is 9.47 Å². The Bertz CT molecular complexity index is 588. The van der Waals surface area contributed by atoms with Gasteiger partial charge in [-0.1, -0.05) is 30.3 Å². The van der Waals surface area contributed by atoms with Crippen molar-refractivity contribution in [2.45, 2.75) is 0 Å². The van der Waals surface area contributed by atoms with Crippen LogP contribution in [0.15, 0.2) is 47.9 Å². The summed E-state index contributed by atoms with van der Waals surface area (Å²) >= 11 is 0. The minimum atomic E-state index is 0.703. The van der Waals surface area contributed by atoms with Gasteiger partial charge in [-0.2, -0.15) is 0 Å². The summed E-state index contributed by atoms with van der Waals surface area (Å²) in [6.45, 7) is 6.07. The number of hydrogen-bond donors (Lipinski definition) is 2. The molecule has 0 amide bonds. The first-order valence-electron chi connectivity index (χ1n) is 8.43. The van der Waals surface area contributed by atoms with Crippen molar-refractivity contribution in [1.29, 1.82) is 0 Å². The first-order valence-corrected chi connectivity index (χ1v) is 8.43. The van der Waals surface area contributed by atoms with Crippen LogP contribution in [0.1, 0.15) is 5.56 Å². The topological polar surface area (TPSA) is 77.0 Å². The van der Waals surface area contributed by atoms with Gasteiger partial charge in [0, 0.05) is 31.9 Å². The van der Waals surface area contributed by atoms with Gasteiger partial charge in [-0.3, -0.25) is 0 Å². The number of nitrogens with zero attached hydrogens (tertiary/aromatic N) is 2. The number of rotatable bonds is 4. The fourth-order valence-electron chi connectivity index (χ4n) is 2.96. The van der Waals surface area contributed by atoms with Gasteiger partial charge in [0.15, 0.2) is 0 Å². The summed E-state index contributed by atoms with van der Waals surface area (Å²) in [5.74, 6) is 0.763. The Morgan fingerprint density at radius 2 is 1.38 bits per heavy atom. The molecule has 3 rings (SSSR count). The molecule has 2 aliphatic heterocycles. The fraction of sp³-hybridized carbons (Fsp3) is 0.444. The Labute approximate surface area is 143 Å². The van der Waals surface area contributed by atoms with Gasteiger partial charge in [-0.15, -0.1) is 0 Å². The Kier molecular flexibility index (Phi) is 5.61. The van der Waals surface area contributed by atoms with E-state index in [1.165, 1.54) is 0 Å². The minimum Gasteiger partial charge on any atom is -0.398 e. The summed E-state index contributed by atoms with van der Waals surface area (Å²) in [4.78, 5) is 4.42. The van der Waals surface area contributed by atoms with Crippen LogP contribution in [0.2, 0.25) is 0 Å². The Hall–Kier alpha value is -2.18. The molecule has 1 aromatic rings. The Morgan fingerprint density at radius 1 is 0.833 bits per heavy atom. The highest BCUT2D eigenvalue weighted by Crippen LogP contribution is 2.19. The van der Waals surface area contributed by atoms with Gasteiger partial charge < -0.3 is 30.7 Å². The van der Waals surface area contributed by atoms with Crippen LogP contribution >= 0.6 is 0 Å². The number of nitrogens with two attached hydrogens (primary N) is 2. The van der Waals surface area contributed by atoms with Crippen molar-refractivity contribution in [3.63, 3.8) is 0 Å². The average Bonchev–Trinajstić information content (AvgIpc) is 2.67. The van der Waals surface area contributed by atoms with Crippen LogP contribution in [0.25, 0.3) is 5.70 Å². The van der Waals surface area contributed by atoms with E-state index >= 15 is 0 Å². The zero-order valence-corrected chi connectivity index (χ0v) is 14.0. The third-order valence-electron chi connectivity index (χ3n) is 4.37. The molecule has 0 spiro atoms. The maximum atomic E-state index is 6.52. The molecule has 2 heterocycles. The Morgan fingerprint density at radius 3 is 1.96 bits per heavy atom. The largest absolute Gasteiger partial charge is 0.398 e. The van der Waals surface area contributed by atoms with E-state index < -0.39 is 0 Å². The van der Waals surface area contributed by atoms with Crippen molar-refractivity contribution in [2.75, 3.05) is 52.6 Å². The van der Waals surface area contributed by atoms with E-state index in [0.717, 1.165) is 43.3 Å². The smallest absolute Gasteiger partial charge is 0.123 e. The van der Waals surface area contributed by atoms with Crippen LogP contribution in [0.3, 0.4) is 0 Å². The van der Waals surface area contributed by atoms with Crippen LogP contribution < -0.4 is 11.5 Å². The third kappa shape index (κ3) is 4.01. The molecule has 0 saturated carbocycles. The molecule has 0 atom stereocenters. The van der Waals surface area contributed by atoms with Crippen molar-refractivity contribution in [3.05, 3.63) is 53.5 Å². The van der Waals surface area contributed by atoms with Crippen molar-refractivity contribution >= 4 is 5.70 Å². The van der Waals surface area contributed by atoms with Crippen molar-refractivity contribution in [2.24, 2.45) is 11.5 Å². The molecule has 24 heavy (non-hydrogen) atoms. The standard InChI is InChI=1S/C18H26N4O2/c19-16(15-4-2-1-3-5-15)14-17(21-6-10-23-11-7-21)18(20)22-8-12-24-13-9-22/h1-5,14H,6-13,19-20H2/b16-14-,18-17-. The van der Waals surface area contributed by atoms with Gasteiger partial charge in [0.2, 0.25) is 0 Å². The third-order valence-corrected chi connectivity index (χ3v) is 4.37. The van der Waals surface area contributed by atoms with E-state index in [2.05, 4.69) is 9.80 Å². The summed E-state index contributed by atoms with van der Waals surface area (Å²) in [5.41, 5.74) is 15.5. The highest BCUT2D eigenvalue weighted by atomic mass is 16.5. The summed E-state index contributed by atoms with van der Waals surface area (Å²) in [7, 11) is 0. The molecule has 0 radical (unpaired) electrons. The lowest BCUT2D eigenvalue weighted by Crippen LogP contribution is -2.43. The van der Waals surface area contributed by atoms with Crippen LogP contribution in [0, 0.1) is 0 Å². The number of morpholine rings is 2. The molecule has 0 aromatic heterocycles. The fourth-order valence-corrected chi connectivity index (χ4v) is 2.96. The normalized spacial score (nSPS) is 20.8. The number of benzene rings is 1. The number of allylic oxidation sites excluding steroid dienone is 1. The van der Waals surface area contributed by atoms with Gasteiger partial charge in [0.1, 0.15) is 5.82 Å². The number of hydrogen-bond acceptors (Lipinski definition) is 6. The quantitative estimate of drug-likeness (QED) is 0.795. The summed E-state index contributed by atoms with van der Waals surface area (Å²) in [5, 5.41) is 0. The molecule has 0 bridgehead atoms. The van der Waals surface area contributed by atoms with Crippen LogP contribution in [-0.4, -0.2) is 62.4 Å². The van der Waals surface area contributed by atoms with E-state index in [1.807, 2.05) is 36.4 Å². The summed E-state index contributed by atoms with van der Waals surface area (Å²) in [6.07, 6.45) is 1.99. The molecule has 6 heteroatoms. The second-order valence-corrected chi connectivity index (χ2v) is 5.94. The van der Waals surface area contributed by atoms with Gasteiger partial charge in [-0.05, 0) is 11.6 Å². The second-order valence-electron chi connectivity index (χ2n) is 5.94. The lowest BCUT2D eigenvalue weighted by Gasteiger charge is -2.35. The van der Waals surface area contributed by atoms with E-state index in [0.29, 0.717) is 32.1 Å². The zero-order valence-electron chi connectivity index (χ0n) is 14.0. The van der Waals surface area contributed by atoms with E-state index in [4.69, 9.17) is 20.9 Å². The lowest BCUT2D eigenvalue weighted by molar-refractivity contribution is 0.0427. The second kappa shape index (κ2) is 8.08. The maximum absolute atomic E-state index is 6.52. The van der Waals surface area contributed by atoms with E-state index in [1.54, 1.807) is 0 Å². The molecule has 130 valence electrons. The molecule has 2 saturated heterocycles. The lowest BCUT2D eigenvalue weighted by atomic mass is 10.1. The summed E-state index contributed by atoms with van der Waals surface area (Å²) in [6, 6.07) is 9.97. The van der Waals surface area contributed by atoms with E-state index in [9.17, 15) is 0 Å². The highest BCUT2D eigenvalue weighted by Gasteiger charge is 2.20. The maximum Gasteiger partial charge on any atom is 0.123 e. The highest BCUT2D eigenvalue weighted by molar-refractivity contribution is 5.65. The first kappa shape index (κ1) is 16.7. The monoisotopic (exact) mass is 330 g/mol. The molecule has 2 fully saturated rings. The predicted molar refractivity (Wildman–Crippen MR) is 94.6 cm³/mol. The van der Waals surface area contributed by atoms with Gasteiger partial charge >= 0.3 is 0 Å². The Balaban J connectivity index is 1.91. The van der Waals surface area contributed by atoms with Gasteiger partial charge in [0.05, 0.1) is 32.1 Å². The van der Waals surface area contributed by atoms with Gasteiger partial charge in [0.25, 0.3) is 0 Å². The van der Waals surface area contributed by atoms with Crippen molar-refractivity contribution < 1.29 is 9.47 Å². The molecule has 2 aliphatic rings. The van der Waals surface area contributed by atoms with Crippen molar-refractivity contribution in [1.82, 2.24) is 9.80 Å². The van der Waals surface area contributed by atoms with Crippen LogP contribution in [0.4, 0.5) is 0 Å². The number of ether oxygens (including phenoxy) is 2. The first-order chi connectivity index (χ1) is 11.8. The molecule has 0 unspecified atom stereocenters. The summed E-state index contributed by atoms with van der Waals surface area (Å²) < 4.78 is 10.9. The molecular formula is C18H26N4O2. The molecule has 1 aromatic carbocycles. The van der Waals surface area contributed by atoms with Crippen molar-refractivity contribution in [3.8, 4) is 0 Å². The molecule has 0 aliphatic carbocycles. The van der Waals surface area contributed by atoms with Gasteiger partial charge in [-0.25, -0.2) is 0 Å². The molecule has 6 nitrogen and oxygen atoms in total. The molecule has 4 N–H and O–H groups in total. The van der Waals surface area contributed by atoms with Crippen LogP contribution in [0.5, 0.6) is 0 Å². The van der Waals surface area contributed by atoms with E-state index in [-0.39, 0.29) is 0 Å². The minimum absolute atomic E-state index is 0.703. The SMILES string of the molecule is N/C(=C\C(=C(/N)N1CCOCC1)N1CCOCC1)c1ccccc1. The molecular weight excluding hydrogens is 304 g/mol. The predicted octanol–water partition coefficient (Wildman–Crippen LogP) is 0.778. The average molecular weight is 330 g/mol. The zero-order chi connectivity index (χ0) is 16.8.